The highest BCUT2D eigenvalue weighted by Gasteiger charge is 2.29. The molecular formula is C20H18O5. The highest BCUT2D eigenvalue weighted by molar-refractivity contribution is 6.14. The summed E-state index contributed by atoms with van der Waals surface area (Å²) < 4.78 is 16.3. The van der Waals surface area contributed by atoms with Crippen molar-refractivity contribution < 1.29 is 23.5 Å². The summed E-state index contributed by atoms with van der Waals surface area (Å²) in [5, 5.41) is 0. The fourth-order valence-corrected chi connectivity index (χ4v) is 3.27. The number of ketones is 1. The molecule has 1 aliphatic heterocycles. The van der Waals surface area contributed by atoms with Gasteiger partial charge >= 0.3 is 5.97 Å². The van der Waals surface area contributed by atoms with Crippen LogP contribution in [0.1, 0.15) is 48.2 Å². The summed E-state index contributed by atoms with van der Waals surface area (Å²) in [7, 11) is 0. The van der Waals surface area contributed by atoms with Gasteiger partial charge in [0, 0.05) is 12.1 Å². The van der Waals surface area contributed by atoms with Crippen molar-refractivity contribution in [3.8, 4) is 11.5 Å². The number of Topliss-reactive ketones (excluding diaryl/α,β-unsaturated/α-hetero) is 1. The lowest BCUT2D eigenvalue weighted by atomic mass is 9.89. The van der Waals surface area contributed by atoms with Gasteiger partial charge in [-0.2, -0.15) is 0 Å². The summed E-state index contributed by atoms with van der Waals surface area (Å²) in [5.74, 6) is 1.10. The van der Waals surface area contributed by atoms with Gasteiger partial charge in [-0.15, -0.1) is 0 Å². The fraction of sp³-hybridized carbons (Fsp3) is 0.300. The third-order valence-electron chi connectivity index (χ3n) is 4.61. The number of ether oxygens (including phenoxy) is 2. The van der Waals surface area contributed by atoms with E-state index in [4.69, 9.17) is 13.9 Å². The Morgan fingerprint density at radius 3 is 2.76 bits per heavy atom. The molecule has 0 spiro atoms. The van der Waals surface area contributed by atoms with Crippen molar-refractivity contribution in [2.45, 2.75) is 32.1 Å². The van der Waals surface area contributed by atoms with Crippen LogP contribution in [-0.2, 0) is 4.79 Å². The first-order chi connectivity index (χ1) is 12.2. The Kier molecular flexibility index (Phi) is 4.14. The molecule has 1 fully saturated rings. The van der Waals surface area contributed by atoms with Crippen molar-refractivity contribution in [2.24, 2.45) is 5.92 Å². The maximum Gasteiger partial charge on any atom is 0.314 e. The molecule has 4 rings (SSSR count). The van der Waals surface area contributed by atoms with Gasteiger partial charge in [0.2, 0.25) is 5.78 Å². The van der Waals surface area contributed by atoms with Crippen molar-refractivity contribution in [2.75, 3.05) is 0 Å². The Bertz CT molecular complexity index is 826. The van der Waals surface area contributed by atoms with Gasteiger partial charge in [-0.05, 0) is 37.1 Å². The molecule has 0 amide bonds. The standard InChI is InChI=1S/C20H18O5/c21-19-16-9-8-15(24-20(22)13-5-2-1-3-6-13)12-17(16)25-18(19)11-14-7-4-10-23-14/h4,7-13H,1-3,5-6H2. The summed E-state index contributed by atoms with van der Waals surface area (Å²) >= 11 is 0. The molecule has 5 heteroatoms. The van der Waals surface area contributed by atoms with Crippen LogP contribution < -0.4 is 9.47 Å². The quantitative estimate of drug-likeness (QED) is 0.472. The van der Waals surface area contributed by atoms with Crippen LogP contribution in [-0.4, -0.2) is 11.8 Å². The van der Waals surface area contributed by atoms with E-state index in [1.54, 1.807) is 36.4 Å². The predicted octanol–water partition coefficient (Wildman–Crippen LogP) is 4.38. The van der Waals surface area contributed by atoms with Gasteiger partial charge in [0.25, 0.3) is 0 Å². The smallest absolute Gasteiger partial charge is 0.314 e. The second-order valence-electron chi connectivity index (χ2n) is 6.37. The maximum atomic E-state index is 12.4. The second-order valence-corrected chi connectivity index (χ2v) is 6.37. The molecule has 1 saturated carbocycles. The minimum atomic E-state index is -0.212. The van der Waals surface area contributed by atoms with Gasteiger partial charge in [0.1, 0.15) is 17.3 Å². The number of benzene rings is 1. The number of rotatable bonds is 3. The zero-order chi connectivity index (χ0) is 17.2. The summed E-state index contributed by atoms with van der Waals surface area (Å²) in [5.41, 5.74) is 0.454. The number of carbonyl (C=O) groups is 2. The Morgan fingerprint density at radius 1 is 1.16 bits per heavy atom. The summed E-state index contributed by atoms with van der Waals surface area (Å²) in [4.78, 5) is 24.6. The van der Waals surface area contributed by atoms with E-state index in [9.17, 15) is 9.59 Å². The molecule has 2 aliphatic rings. The molecule has 0 unspecified atom stereocenters. The van der Waals surface area contributed by atoms with Gasteiger partial charge in [-0.25, -0.2) is 0 Å². The van der Waals surface area contributed by atoms with Crippen molar-refractivity contribution in [3.63, 3.8) is 0 Å². The minimum Gasteiger partial charge on any atom is -0.465 e. The molecule has 0 atom stereocenters. The second kappa shape index (κ2) is 6.59. The van der Waals surface area contributed by atoms with Crippen molar-refractivity contribution in [3.05, 3.63) is 53.7 Å². The number of carbonyl (C=O) groups excluding carboxylic acids is 2. The topological polar surface area (TPSA) is 65.7 Å². The zero-order valence-electron chi connectivity index (χ0n) is 13.7. The lowest BCUT2D eigenvalue weighted by molar-refractivity contribution is -0.139. The number of hydrogen-bond donors (Lipinski definition) is 0. The van der Waals surface area contributed by atoms with E-state index in [-0.39, 0.29) is 23.4 Å². The monoisotopic (exact) mass is 338 g/mol. The van der Waals surface area contributed by atoms with Crippen LogP contribution in [0.3, 0.4) is 0 Å². The number of esters is 1. The molecule has 1 aromatic heterocycles. The minimum absolute atomic E-state index is 0.0287. The average molecular weight is 338 g/mol. The van der Waals surface area contributed by atoms with Crippen LogP contribution in [0.5, 0.6) is 11.5 Å². The van der Waals surface area contributed by atoms with Crippen LogP contribution in [0.25, 0.3) is 6.08 Å². The van der Waals surface area contributed by atoms with Crippen LogP contribution in [0.4, 0.5) is 0 Å². The third kappa shape index (κ3) is 3.22. The summed E-state index contributed by atoms with van der Waals surface area (Å²) in [6, 6.07) is 8.34. The molecule has 5 nitrogen and oxygen atoms in total. The molecule has 0 bridgehead atoms. The molecule has 25 heavy (non-hydrogen) atoms. The largest absolute Gasteiger partial charge is 0.465 e. The summed E-state index contributed by atoms with van der Waals surface area (Å²) in [6.45, 7) is 0. The first kappa shape index (κ1) is 15.7. The molecule has 2 heterocycles. The van der Waals surface area contributed by atoms with Crippen LogP contribution >= 0.6 is 0 Å². The van der Waals surface area contributed by atoms with E-state index >= 15 is 0 Å². The van der Waals surface area contributed by atoms with Crippen LogP contribution in [0, 0.1) is 5.92 Å². The van der Waals surface area contributed by atoms with E-state index in [2.05, 4.69) is 0 Å². The average Bonchev–Trinajstić information content (AvgIpc) is 3.24. The van der Waals surface area contributed by atoms with Crippen LogP contribution in [0.15, 0.2) is 46.8 Å². The Morgan fingerprint density at radius 2 is 2.00 bits per heavy atom. The normalized spacial score (nSPS) is 18.9. The first-order valence-electron chi connectivity index (χ1n) is 8.54. The number of hydrogen-bond acceptors (Lipinski definition) is 5. The molecule has 0 saturated heterocycles. The highest BCUT2D eigenvalue weighted by Crippen LogP contribution is 2.35. The summed E-state index contributed by atoms with van der Waals surface area (Å²) in [6.07, 6.45) is 8.18. The van der Waals surface area contributed by atoms with E-state index < -0.39 is 0 Å². The Balaban J connectivity index is 1.50. The first-order valence-corrected chi connectivity index (χ1v) is 8.54. The molecule has 0 N–H and O–H groups in total. The van der Waals surface area contributed by atoms with E-state index in [0.29, 0.717) is 22.8 Å². The lowest BCUT2D eigenvalue weighted by Crippen LogP contribution is -2.22. The zero-order valence-corrected chi connectivity index (χ0v) is 13.7. The molecule has 2 aromatic rings. The third-order valence-corrected chi connectivity index (χ3v) is 4.61. The van der Waals surface area contributed by atoms with Gasteiger partial charge in [-0.3, -0.25) is 9.59 Å². The fourth-order valence-electron chi connectivity index (χ4n) is 3.27. The maximum absolute atomic E-state index is 12.4. The number of fused-ring (bicyclic) bond motifs is 1. The van der Waals surface area contributed by atoms with E-state index in [0.717, 1.165) is 25.7 Å². The van der Waals surface area contributed by atoms with Crippen molar-refractivity contribution in [1.82, 2.24) is 0 Å². The number of furan rings is 1. The van der Waals surface area contributed by atoms with E-state index in [1.165, 1.54) is 12.7 Å². The molecule has 0 radical (unpaired) electrons. The molecule has 128 valence electrons. The molecular weight excluding hydrogens is 320 g/mol. The van der Waals surface area contributed by atoms with Gasteiger partial charge in [0.05, 0.1) is 17.7 Å². The van der Waals surface area contributed by atoms with Gasteiger partial charge < -0.3 is 13.9 Å². The highest BCUT2D eigenvalue weighted by atomic mass is 16.5. The van der Waals surface area contributed by atoms with E-state index in [1.807, 2.05) is 0 Å². The van der Waals surface area contributed by atoms with Crippen LogP contribution in [0.2, 0.25) is 0 Å². The molecule has 1 aliphatic carbocycles. The SMILES string of the molecule is O=C1C(=Cc2ccco2)Oc2cc(OC(=O)C3CCCCC3)ccc21. The Labute approximate surface area is 145 Å². The van der Waals surface area contributed by atoms with Crippen molar-refractivity contribution >= 4 is 17.8 Å². The van der Waals surface area contributed by atoms with Gasteiger partial charge in [-0.1, -0.05) is 19.3 Å². The predicted molar refractivity (Wildman–Crippen MR) is 90.3 cm³/mol. The van der Waals surface area contributed by atoms with Gasteiger partial charge in [0.15, 0.2) is 5.76 Å². The molecule has 1 aromatic carbocycles. The Hall–Kier alpha value is -2.82. The van der Waals surface area contributed by atoms with Crippen molar-refractivity contribution in [1.29, 1.82) is 0 Å². The number of allylic oxidation sites excluding steroid dienone is 1. The lowest BCUT2D eigenvalue weighted by Gasteiger charge is -2.19.